The van der Waals surface area contributed by atoms with Crippen LogP contribution in [0.3, 0.4) is 0 Å². The van der Waals surface area contributed by atoms with E-state index in [4.69, 9.17) is 0 Å². The summed E-state index contributed by atoms with van der Waals surface area (Å²) in [6.07, 6.45) is 8.95. The molecule has 55 heavy (non-hydrogen) atoms. The monoisotopic (exact) mass is 830 g/mol. The predicted octanol–water partition coefficient (Wildman–Crippen LogP) is 8.86. The molecular formula is C39H54N6O6S4. The molecule has 2 aromatic carbocycles. The molecule has 0 spiro atoms. The summed E-state index contributed by atoms with van der Waals surface area (Å²) < 4.78 is 55.3. The molecule has 0 radical (unpaired) electrons. The van der Waals surface area contributed by atoms with Crippen molar-refractivity contribution in [3.05, 3.63) is 59.3 Å². The number of unbranched alkanes of at least 4 members (excludes halogenated alkanes) is 7. The molecule has 16 heteroatoms. The summed E-state index contributed by atoms with van der Waals surface area (Å²) in [6, 6.07) is 13.4. The topological polar surface area (TPSA) is 159 Å². The lowest BCUT2D eigenvalue weighted by Gasteiger charge is -2.20. The van der Waals surface area contributed by atoms with Crippen molar-refractivity contribution in [2.24, 2.45) is 0 Å². The predicted molar refractivity (Wildman–Crippen MR) is 223 cm³/mol. The zero-order valence-electron chi connectivity index (χ0n) is 32.3. The Morgan fingerprint density at radius 1 is 0.564 bits per heavy atom. The molecule has 4 aromatic rings. The highest BCUT2D eigenvalue weighted by Gasteiger charge is 2.23. The van der Waals surface area contributed by atoms with E-state index >= 15 is 0 Å². The molecule has 2 amide bonds. The van der Waals surface area contributed by atoms with Gasteiger partial charge in [0.25, 0.3) is 0 Å². The minimum atomic E-state index is -3.65. The van der Waals surface area contributed by atoms with Crippen LogP contribution < -0.4 is 10.6 Å². The molecule has 0 aliphatic rings. The van der Waals surface area contributed by atoms with E-state index in [1.807, 2.05) is 31.5 Å². The van der Waals surface area contributed by atoms with Crippen LogP contribution in [0.2, 0.25) is 0 Å². The number of nitrogens with one attached hydrogen (secondary N) is 2. The number of hydrogen-bond donors (Lipinski definition) is 2. The zero-order valence-corrected chi connectivity index (χ0v) is 35.5. The number of benzene rings is 2. The second-order valence-electron chi connectivity index (χ2n) is 13.1. The van der Waals surface area contributed by atoms with Gasteiger partial charge in [-0.15, -0.1) is 22.7 Å². The number of carbonyl (C=O) groups is 2. The van der Waals surface area contributed by atoms with Crippen molar-refractivity contribution < 1.29 is 26.4 Å². The van der Waals surface area contributed by atoms with E-state index in [1.54, 1.807) is 48.5 Å². The Morgan fingerprint density at radius 2 is 0.964 bits per heavy atom. The Hall–Kier alpha value is -3.54. The number of nitrogens with zero attached hydrogens (tertiary/aromatic N) is 4. The van der Waals surface area contributed by atoms with Gasteiger partial charge in [0.2, 0.25) is 31.9 Å². The molecule has 4 rings (SSSR count). The van der Waals surface area contributed by atoms with E-state index in [0.717, 1.165) is 68.9 Å². The normalized spacial score (nSPS) is 12.0. The van der Waals surface area contributed by atoms with Crippen molar-refractivity contribution in [1.29, 1.82) is 0 Å². The Balaban J connectivity index is 1.13. The fourth-order valence-corrected chi connectivity index (χ4v) is 10.4. The van der Waals surface area contributed by atoms with Gasteiger partial charge in [-0.3, -0.25) is 9.59 Å². The van der Waals surface area contributed by atoms with Gasteiger partial charge >= 0.3 is 0 Å². The molecule has 0 aliphatic heterocycles. The van der Waals surface area contributed by atoms with Crippen LogP contribution in [-0.2, 0) is 29.6 Å². The van der Waals surface area contributed by atoms with Crippen molar-refractivity contribution >= 4 is 64.8 Å². The molecular weight excluding hydrogens is 777 g/mol. The number of amides is 2. The molecule has 0 unspecified atom stereocenters. The van der Waals surface area contributed by atoms with Crippen molar-refractivity contribution in [1.82, 2.24) is 18.6 Å². The lowest BCUT2D eigenvalue weighted by Crippen LogP contribution is -2.31. The minimum Gasteiger partial charge on any atom is -0.302 e. The molecule has 0 aliphatic carbocycles. The molecule has 2 N–H and O–H groups in total. The summed E-state index contributed by atoms with van der Waals surface area (Å²) >= 11 is 2.67. The summed E-state index contributed by atoms with van der Waals surface area (Å²) in [5.41, 5.74) is 2.91. The number of aromatic nitrogens is 2. The average Bonchev–Trinajstić information content (AvgIpc) is 3.84. The summed E-state index contributed by atoms with van der Waals surface area (Å²) in [6.45, 7) is 9.18. The van der Waals surface area contributed by atoms with Gasteiger partial charge in [0.05, 0.1) is 21.2 Å². The highest BCUT2D eigenvalue weighted by atomic mass is 32.2. The molecule has 2 aromatic heterocycles. The maximum atomic E-state index is 13.4. The first-order valence-electron chi connectivity index (χ1n) is 19.1. The third-order valence-corrected chi connectivity index (χ3v) is 14.8. The van der Waals surface area contributed by atoms with Crippen LogP contribution in [0, 0.1) is 0 Å². The first-order chi connectivity index (χ1) is 26.4. The molecule has 0 bridgehead atoms. The Kier molecular flexibility index (Phi) is 17.4. The Morgan fingerprint density at radius 3 is 1.40 bits per heavy atom. The Bertz CT molecular complexity index is 2030. The van der Waals surface area contributed by atoms with Gasteiger partial charge in [0.1, 0.15) is 0 Å². The van der Waals surface area contributed by atoms with Crippen molar-refractivity contribution in [3.8, 4) is 22.5 Å². The van der Waals surface area contributed by atoms with E-state index in [-0.39, 0.29) is 21.6 Å². The van der Waals surface area contributed by atoms with Gasteiger partial charge in [0.15, 0.2) is 10.3 Å². The summed E-state index contributed by atoms with van der Waals surface area (Å²) in [4.78, 5) is 34.2. The first-order valence-corrected chi connectivity index (χ1v) is 23.8. The molecule has 12 nitrogen and oxygen atoms in total. The molecule has 0 saturated heterocycles. The fraction of sp³-hybridized carbons (Fsp3) is 0.487. The lowest BCUT2D eigenvalue weighted by molar-refractivity contribution is -0.117. The van der Waals surface area contributed by atoms with Crippen molar-refractivity contribution in [3.63, 3.8) is 0 Å². The second-order valence-corrected chi connectivity index (χ2v) is 18.7. The van der Waals surface area contributed by atoms with Gasteiger partial charge < -0.3 is 10.6 Å². The standard InChI is InChI=1S/C39H54N6O6S4/c1-5-9-14-17-36(46)42-38-40-35(29-52-38)31-21-25-33(26-22-31)55(50,51)45(8-4)27-16-13-11-10-12-15-18-37(47)43-39-41-34(28-53-39)30-19-23-32(24-20-30)54(48,49)44(6-2)7-3/h19-26,28-29H,5-18,27H2,1-4H3,(H,40,42,46)(H,41,43,47). The van der Waals surface area contributed by atoms with Crippen molar-refractivity contribution in [2.75, 3.05) is 36.8 Å². The minimum absolute atomic E-state index is 0.0473. The highest BCUT2D eigenvalue weighted by molar-refractivity contribution is 7.89. The number of rotatable bonds is 24. The summed E-state index contributed by atoms with van der Waals surface area (Å²) in [5.74, 6) is -0.148. The van der Waals surface area contributed by atoms with Crippen LogP contribution in [0.25, 0.3) is 22.5 Å². The maximum absolute atomic E-state index is 13.4. The largest absolute Gasteiger partial charge is 0.302 e. The maximum Gasteiger partial charge on any atom is 0.243 e. The number of thiazole rings is 2. The number of anilines is 2. The molecule has 0 saturated carbocycles. The van der Waals surface area contributed by atoms with Gasteiger partial charge in [-0.1, -0.05) is 90.5 Å². The van der Waals surface area contributed by atoms with Gasteiger partial charge in [-0.05, 0) is 43.5 Å². The van der Waals surface area contributed by atoms with Crippen LogP contribution in [0.15, 0.2) is 69.1 Å². The lowest BCUT2D eigenvalue weighted by atomic mass is 10.1. The number of carbonyl (C=O) groups excluding carboxylic acids is 2. The molecule has 0 atom stereocenters. The number of sulfonamides is 2. The fourth-order valence-electron chi connectivity index (χ4n) is 6.01. The van der Waals surface area contributed by atoms with E-state index in [2.05, 4.69) is 27.5 Å². The molecule has 0 fully saturated rings. The van der Waals surface area contributed by atoms with Crippen LogP contribution in [-0.4, -0.2) is 73.4 Å². The number of hydrogen-bond acceptors (Lipinski definition) is 10. The summed E-state index contributed by atoms with van der Waals surface area (Å²) in [5, 5.41) is 10.4. The van der Waals surface area contributed by atoms with Gasteiger partial charge in [-0.2, -0.15) is 8.61 Å². The quantitative estimate of drug-likeness (QED) is 0.0663. The van der Waals surface area contributed by atoms with Crippen LogP contribution in [0.5, 0.6) is 0 Å². The third-order valence-electron chi connectivity index (χ3n) is 9.20. The highest BCUT2D eigenvalue weighted by Crippen LogP contribution is 2.29. The van der Waals surface area contributed by atoms with Crippen LogP contribution in [0.1, 0.15) is 98.3 Å². The van der Waals surface area contributed by atoms with Crippen molar-refractivity contribution in [2.45, 2.75) is 108 Å². The van der Waals surface area contributed by atoms with Crippen LogP contribution in [0.4, 0.5) is 10.3 Å². The first kappa shape index (κ1) is 44.2. The van der Waals surface area contributed by atoms with E-state index < -0.39 is 20.0 Å². The van der Waals surface area contributed by atoms with Crippen LogP contribution >= 0.6 is 22.7 Å². The molecule has 2 heterocycles. The SMILES string of the molecule is CCCCCC(=O)Nc1nc(-c2ccc(S(=O)(=O)N(CC)CCCCCCCCC(=O)Nc3nc(-c4ccc(S(=O)(=O)N(CC)CC)cc4)cs3)cc2)cs1. The Labute approximate surface area is 334 Å². The van der Waals surface area contributed by atoms with Gasteiger partial charge in [-0.25, -0.2) is 26.8 Å². The second kappa shape index (κ2) is 21.7. The summed E-state index contributed by atoms with van der Waals surface area (Å²) in [7, 11) is -7.18. The average molecular weight is 831 g/mol. The van der Waals surface area contributed by atoms with Gasteiger partial charge in [0, 0.05) is 60.9 Å². The van der Waals surface area contributed by atoms with E-state index in [9.17, 15) is 26.4 Å². The molecule has 300 valence electrons. The van der Waals surface area contributed by atoms with E-state index in [0.29, 0.717) is 60.7 Å². The zero-order chi connectivity index (χ0) is 39.8. The third kappa shape index (κ3) is 12.7. The smallest absolute Gasteiger partial charge is 0.243 e. The van der Waals surface area contributed by atoms with E-state index in [1.165, 1.54) is 31.3 Å².